The van der Waals surface area contributed by atoms with Crippen molar-refractivity contribution in [2.24, 2.45) is 0 Å². The van der Waals surface area contributed by atoms with E-state index in [9.17, 15) is 4.79 Å². The Balaban J connectivity index is 2.51. The summed E-state index contributed by atoms with van der Waals surface area (Å²) in [6.07, 6.45) is 1.25. The Morgan fingerprint density at radius 2 is 1.95 bits per heavy atom. The highest BCUT2D eigenvalue weighted by molar-refractivity contribution is 6.33. The molecule has 20 heavy (non-hydrogen) atoms. The number of aromatic carboxylic acids is 1. The van der Waals surface area contributed by atoms with Gasteiger partial charge >= 0.3 is 5.97 Å². The molecule has 1 aromatic heterocycles. The van der Waals surface area contributed by atoms with Crippen LogP contribution in [0, 0.1) is 0 Å². The van der Waals surface area contributed by atoms with E-state index >= 15 is 0 Å². The summed E-state index contributed by atoms with van der Waals surface area (Å²) in [6, 6.07) is 5.05. The fraction of sp³-hybridized carbons (Fsp3) is 0.154. The maximum absolute atomic E-state index is 11.0. The van der Waals surface area contributed by atoms with Crippen LogP contribution in [-0.2, 0) is 0 Å². The Morgan fingerprint density at radius 1 is 1.25 bits per heavy atom. The molecule has 0 aliphatic rings. The SMILES string of the molecule is COc1ccc(-c2ncc(Cl)c(C(=O)O)n2)cc1OC. The minimum Gasteiger partial charge on any atom is -0.493 e. The molecule has 0 amide bonds. The number of carboxylic acids is 1. The molecule has 0 unspecified atom stereocenters. The molecular formula is C13H11ClN2O4. The molecule has 0 saturated carbocycles. The van der Waals surface area contributed by atoms with Gasteiger partial charge in [-0.05, 0) is 18.2 Å². The van der Waals surface area contributed by atoms with Crippen molar-refractivity contribution < 1.29 is 19.4 Å². The number of halogens is 1. The smallest absolute Gasteiger partial charge is 0.356 e. The number of carboxylic acid groups (broad SMARTS) is 1. The van der Waals surface area contributed by atoms with Crippen molar-refractivity contribution in [3.05, 3.63) is 35.1 Å². The van der Waals surface area contributed by atoms with Crippen LogP contribution in [0.15, 0.2) is 24.4 Å². The molecule has 0 spiro atoms. The zero-order chi connectivity index (χ0) is 14.7. The first-order valence-corrected chi connectivity index (χ1v) is 5.93. The van der Waals surface area contributed by atoms with Crippen molar-refractivity contribution in [1.29, 1.82) is 0 Å². The molecule has 2 aromatic rings. The molecular weight excluding hydrogens is 284 g/mol. The number of rotatable bonds is 4. The number of ether oxygens (including phenoxy) is 2. The zero-order valence-electron chi connectivity index (χ0n) is 10.8. The molecule has 0 aliphatic carbocycles. The summed E-state index contributed by atoms with van der Waals surface area (Å²) in [5.41, 5.74) is 0.355. The predicted octanol–water partition coefficient (Wildman–Crippen LogP) is 2.51. The summed E-state index contributed by atoms with van der Waals surface area (Å²) < 4.78 is 10.3. The average molecular weight is 295 g/mol. The summed E-state index contributed by atoms with van der Waals surface area (Å²) >= 11 is 5.73. The molecule has 0 bridgehead atoms. The van der Waals surface area contributed by atoms with Crippen molar-refractivity contribution in [1.82, 2.24) is 9.97 Å². The number of hydrogen-bond donors (Lipinski definition) is 1. The van der Waals surface area contributed by atoms with E-state index in [4.69, 9.17) is 26.2 Å². The Kier molecular flexibility index (Phi) is 4.05. The molecule has 7 heteroatoms. The van der Waals surface area contributed by atoms with Crippen LogP contribution in [0.1, 0.15) is 10.5 Å². The quantitative estimate of drug-likeness (QED) is 0.933. The second kappa shape index (κ2) is 5.75. The van der Waals surface area contributed by atoms with Crippen LogP contribution >= 0.6 is 11.6 Å². The highest BCUT2D eigenvalue weighted by Crippen LogP contribution is 2.31. The van der Waals surface area contributed by atoms with E-state index in [1.54, 1.807) is 18.2 Å². The lowest BCUT2D eigenvalue weighted by molar-refractivity contribution is 0.0690. The monoisotopic (exact) mass is 294 g/mol. The molecule has 0 aliphatic heterocycles. The van der Waals surface area contributed by atoms with Crippen LogP contribution in [-0.4, -0.2) is 35.3 Å². The van der Waals surface area contributed by atoms with E-state index in [0.29, 0.717) is 17.1 Å². The van der Waals surface area contributed by atoms with Crippen LogP contribution < -0.4 is 9.47 Å². The maximum atomic E-state index is 11.0. The lowest BCUT2D eigenvalue weighted by Gasteiger charge is -2.09. The van der Waals surface area contributed by atoms with E-state index in [2.05, 4.69) is 9.97 Å². The number of carbonyl (C=O) groups is 1. The number of benzene rings is 1. The van der Waals surface area contributed by atoms with Gasteiger partial charge < -0.3 is 14.6 Å². The van der Waals surface area contributed by atoms with Gasteiger partial charge in [-0.25, -0.2) is 14.8 Å². The maximum Gasteiger partial charge on any atom is 0.356 e. The first-order chi connectivity index (χ1) is 9.56. The molecule has 0 atom stereocenters. The highest BCUT2D eigenvalue weighted by atomic mass is 35.5. The Hall–Kier alpha value is -2.34. The summed E-state index contributed by atoms with van der Waals surface area (Å²) in [5, 5.41) is 8.99. The van der Waals surface area contributed by atoms with Gasteiger partial charge in [-0.1, -0.05) is 11.6 Å². The van der Waals surface area contributed by atoms with Crippen molar-refractivity contribution in [2.75, 3.05) is 14.2 Å². The zero-order valence-corrected chi connectivity index (χ0v) is 11.5. The Bertz CT molecular complexity index is 661. The molecule has 104 valence electrons. The van der Waals surface area contributed by atoms with E-state index in [1.807, 2.05) is 0 Å². The Morgan fingerprint density at radius 3 is 2.55 bits per heavy atom. The average Bonchev–Trinajstić information content (AvgIpc) is 2.46. The summed E-state index contributed by atoms with van der Waals surface area (Å²) in [6.45, 7) is 0. The first-order valence-electron chi connectivity index (χ1n) is 5.55. The molecule has 0 radical (unpaired) electrons. The number of nitrogens with zero attached hydrogens (tertiary/aromatic N) is 2. The second-order valence-electron chi connectivity index (χ2n) is 3.77. The third-order valence-electron chi connectivity index (χ3n) is 2.59. The van der Waals surface area contributed by atoms with Gasteiger partial charge in [0.2, 0.25) is 0 Å². The van der Waals surface area contributed by atoms with Gasteiger partial charge in [-0.2, -0.15) is 0 Å². The third kappa shape index (κ3) is 2.65. The summed E-state index contributed by atoms with van der Waals surface area (Å²) in [5.74, 6) is 0.0935. The van der Waals surface area contributed by atoms with Crippen LogP contribution in [0.5, 0.6) is 11.5 Å². The van der Waals surface area contributed by atoms with Crippen LogP contribution in [0.4, 0.5) is 0 Å². The minimum atomic E-state index is -1.21. The van der Waals surface area contributed by atoms with Crippen molar-refractivity contribution in [3.63, 3.8) is 0 Å². The topological polar surface area (TPSA) is 81.5 Å². The van der Waals surface area contributed by atoms with Gasteiger partial charge in [0.05, 0.1) is 25.4 Å². The molecule has 0 saturated heterocycles. The van der Waals surface area contributed by atoms with Gasteiger partial charge in [0.15, 0.2) is 23.0 Å². The van der Waals surface area contributed by atoms with E-state index in [0.717, 1.165) is 0 Å². The van der Waals surface area contributed by atoms with Gasteiger partial charge in [-0.15, -0.1) is 0 Å². The standard InChI is InChI=1S/C13H11ClN2O4/c1-19-9-4-3-7(5-10(9)20-2)12-15-6-8(14)11(16-12)13(17)18/h3-6H,1-2H3,(H,17,18). The minimum absolute atomic E-state index is 0.0123. The number of hydrogen-bond acceptors (Lipinski definition) is 5. The molecule has 1 N–H and O–H groups in total. The summed E-state index contributed by atoms with van der Waals surface area (Å²) in [4.78, 5) is 19.0. The predicted molar refractivity (Wildman–Crippen MR) is 72.5 cm³/mol. The van der Waals surface area contributed by atoms with Crippen LogP contribution in [0.3, 0.4) is 0 Å². The normalized spacial score (nSPS) is 10.2. The second-order valence-corrected chi connectivity index (χ2v) is 4.17. The van der Waals surface area contributed by atoms with Gasteiger partial charge in [-0.3, -0.25) is 0 Å². The third-order valence-corrected chi connectivity index (χ3v) is 2.87. The van der Waals surface area contributed by atoms with Gasteiger partial charge in [0.25, 0.3) is 0 Å². The first kappa shape index (κ1) is 14.1. The van der Waals surface area contributed by atoms with E-state index in [-0.39, 0.29) is 16.5 Å². The molecule has 2 rings (SSSR count). The molecule has 1 aromatic carbocycles. The fourth-order valence-corrected chi connectivity index (χ4v) is 1.80. The van der Waals surface area contributed by atoms with Crippen LogP contribution in [0.2, 0.25) is 5.02 Å². The van der Waals surface area contributed by atoms with E-state index in [1.165, 1.54) is 20.4 Å². The number of aromatic nitrogens is 2. The lowest BCUT2D eigenvalue weighted by Crippen LogP contribution is -2.04. The largest absolute Gasteiger partial charge is 0.493 e. The fourth-order valence-electron chi connectivity index (χ4n) is 1.63. The van der Waals surface area contributed by atoms with Crippen molar-refractivity contribution in [2.45, 2.75) is 0 Å². The summed E-state index contributed by atoms with van der Waals surface area (Å²) in [7, 11) is 3.03. The molecule has 0 fully saturated rings. The van der Waals surface area contributed by atoms with Crippen molar-refractivity contribution in [3.8, 4) is 22.9 Å². The van der Waals surface area contributed by atoms with Gasteiger partial charge in [0, 0.05) is 5.56 Å². The molecule has 6 nitrogen and oxygen atoms in total. The van der Waals surface area contributed by atoms with Gasteiger partial charge in [0.1, 0.15) is 0 Å². The number of methoxy groups -OCH3 is 2. The van der Waals surface area contributed by atoms with E-state index < -0.39 is 5.97 Å². The van der Waals surface area contributed by atoms with Crippen LogP contribution in [0.25, 0.3) is 11.4 Å². The highest BCUT2D eigenvalue weighted by Gasteiger charge is 2.14. The Labute approximate surface area is 120 Å². The lowest BCUT2D eigenvalue weighted by atomic mass is 10.2. The van der Waals surface area contributed by atoms with Crippen molar-refractivity contribution >= 4 is 17.6 Å². The molecule has 1 heterocycles.